The van der Waals surface area contributed by atoms with Crippen molar-refractivity contribution >= 4 is 11.6 Å². The zero-order chi connectivity index (χ0) is 18.4. The summed E-state index contributed by atoms with van der Waals surface area (Å²) in [6.07, 6.45) is 0.990. The molecule has 0 aliphatic rings. The van der Waals surface area contributed by atoms with Crippen molar-refractivity contribution in [1.29, 1.82) is 0 Å². The molecule has 0 unspecified atom stereocenters. The van der Waals surface area contributed by atoms with Crippen molar-refractivity contribution in [3.63, 3.8) is 0 Å². The van der Waals surface area contributed by atoms with Crippen LogP contribution in [0.5, 0.6) is 11.5 Å². The molecule has 0 aliphatic carbocycles. The molecule has 0 saturated heterocycles. The van der Waals surface area contributed by atoms with Gasteiger partial charge in [-0.2, -0.15) is 0 Å². The molecule has 0 radical (unpaired) electrons. The predicted molar refractivity (Wildman–Crippen MR) is 99.8 cm³/mol. The number of carbonyl (C=O) groups excluding carboxylic acids is 1. The summed E-state index contributed by atoms with van der Waals surface area (Å²) in [5.74, 6) is 1.93. The van der Waals surface area contributed by atoms with Crippen LogP contribution in [0.4, 0.5) is 5.69 Å². The molecule has 1 heterocycles. The van der Waals surface area contributed by atoms with E-state index in [1.165, 1.54) is 5.56 Å². The normalized spacial score (nSPS) is 10.4. The van der Waals surface area contributed by atoms with E-state index < -0.39 is 0 Å². The fraction of sp³-hybridized carbons (Fsp3) is 0.190. The Kier molecular flexibility index (Phi) is 5.59. The maximum absolute atomic E-state index is 12.3. The number of anilines is 1. The van der Waals surface area contributed by atoms with Crippen LogP contribution in [-0.4, -0.2) is 13.0 Å². The molecule has 134 valence electrons. The molecule has 5 nitrogen and oxygen atoms in total. The van der Waals surface area contributed by atoms with Crippen molar-refractivity contribution in [2.24, 2.45) is 0 Å². The molecule has 1 amide bonds. The number of benzene rings is 2. The average molecular weight is 351 g/mol. The fourth-order valence-corrected chi connectivity index (χ4v) is 2.45. The lowest BCUT2D eigenvalue weighted by atomic mass is 10.2. The van der Waals surface area contributed by atoms with Crippen LogP contribution in [0.3, 0.4) is 0 Å². The van der Waals surface area contributed by atoms with E-state index in [2.05, 4.69) is 12.2 Å². The summed E-state index contributed by atoms with van der Waals surface area (Å²) in [5, 5.41) is 2.78. The molecule has 0 saturated carbocycles. The van der Waals surface area contributed by atoms with Gasteiger partial charge in [-0.1, -0.05) is 25.1 Å². The Morgan fingerprint density at radius 3 is 2.58 bits per heavy atom. The minimum Gasteiger partial charge on any atom is -0.497 e. The number of aryl methyl sites for hydroxylation is 1. The van der Waals surface area contributed by atoms with Crippen LogP contribution in [0.1, 0.15) is 28.8 Å². The van der Waals surface area contributed by atoms with Crippen molar-refractivity contribution < 1.29 is 18.7 Å². The smallest absolute Gasteiger partial charge is 0.291 e. The van der Waals surface area contributed by atoms with Crippen LogP contribution < -0.4 is 14.8 Å². The number of amides is 1. The molecule has 1 N–H and O–H groups in total. The van der Waals surface area contributed by atoms with Crippen molar-refractivity contribution in [2.75, 3.05) is 12.4 Å². The minimum atomic E-state index is -0.322. The predicted octanol–water partition coefficient (Wildman–Crippen LogP) is 4.68. The Balaban J connectivity index is 1.58. The van der Waals surface area contributed by atoms with Crippen LogP contribution in [0.15, 0.2) is 65.1 Å². The molecule has 0 spiro atoms. The number of nitrogens with one attached hydrogen (secondary N) is 1. The van der Waals surface area contributed by atoms with Crippen LogP contribution in [0, 0.1) is 0 Å². The van der Waals surface area contributed by atoms with Gasteiger partial charge in [0, 0.05) is 11.8 Å². The summed E-state index contributed by atoms with van der Waals surface area (Å²) in [5.41, 5.74) is 1.89. The zero-order valence-electron chi connectivity index (χ0n) is 14.8. The summed E-state index contributed by atoms with van der Waals surface area (Å²) < 4.78 is 16.4. The van der Waals surface area contributed by atoms with Crippen molar-refractivity contribution in [3.8, 4) is 11.5 Å². The number of hydrogen-bond acceptors (Lipinski definition) is 4. The standard InChI is InChI=1S/C21H21NO4/c1-3-15-7-9-17(10-8-15)25-14-19-11-12-20(26-19)21(23)22-16-5-4-6-18(13-16)24-2/h4-13H,3,14H2,1-2H3,(H,22,23). The van der Waals surface area contributed by atoms with Crippen LogP contribution in [0.2, 0.25) is 0 Å². The van der Waals surface area contributed by atoms with Gasteiger partial charge in [0.2, 0.25) is 0 Å². The van der Waals surface area contributed by atoms with E-state index in [4.69, 9.17) is 13.9 Å². The van der Waals surface area contributed by atoms with Crippen molar-refractivity contribution in [2.45, 2.75) is 20.0 Å². The van der Waals surface area contributed by atoms with Gasteiger partial charge in [0.05, 0.1) is 7.11 Å². The number of rotatable bonds is 7. The average Bonchev–Trinajstić information content (AvgIpc) is 3.16. The van der Waals surface area contributed by atoms with Crippen LogP contribution in [-0.2, 0) is 13.0 Å². The number of methoxy groups -OCH3 is 1. The van der Waals surface area contributed by atoms with Gasteiger partial charge in [-0.15, -0.1) is 0 Å². The van der Waals surface area contributed by atoms with E-state index in [1.807, 2.05) is 30.3 Å². The van der Waals surface area contributed by atoms with Gasteiger partial charge in [0.15, 0.2) is 5.76 Å². The summed E-state index contributed by atoms with van der Waals surface area (Å²) in [6.45, 7) is 2.37. The Morgan fingerprint density at radius 1 is 1.04 bits per heavy atom. The highest BCUT2D eigenvalue weighted by Gasteiger charge is 2.12. The summed E-state index contributed by atoms with van der Waals surface area (Å²) in [6, 6.07) is 18.4. The monoisotopic (exact) mass is 351 g/mol. The second kappa shape index (κ2) is 8.25. The Labute approximate surface area is 152 Å². The molecule has 2 aromatic carbocycles. The van der Waals surface area contributed by atoms with Gasteiger partial charge in [0.25, 0.3) is 5.91 Å². The highest BCUT2D eigenvalue weighted by molar-refractivity contribution is 6.02. The van der Waals surface area contributed by atoms with Crippen LogP contribution >= 0.6 is 0 Å². The number of furan rings is 1. The van der Waals surface area contributed by atoms with Gasteiger partial charge in [-0.25, -0.2) is 0 Å². The molecular weight excluding hydrogens is 330 g/mol. The minimum absolute atomic E-state index is 0.229. The highest BCUT2D eigenvalue weighted by atomic mass is 16.5. The molecule has 0 atom stereocenters. The Morgan fingerprint density at radius 2 is 1.85 bits per heavy atom. The van der Waals surface area contributed by atoms with Crippen LogP contribution in [0.25, 0.3) is 0 Å². The number of carbonyl (C=O) groups is 1. The first kappa shape index (κ1) is 17.6. The largest absolute Gasteiger partial charge is 0.497 e. The summed E-state index contributed by atoms with van der Waals surface area (Å²) >= 11 is 0. The quantitative estimate of drug-likeness (QED) is 0.671. The third-order valence-electron chi connectivity index (χ3n) is 3.93. The molecule has 1 aromatic heterocycles. The maximum Gasteiger partial charge on any atom is 0.291 e. The lowest BCUT2D eigenvalue weighted by molar-refractivity contribution is 0.0992. The Bertz CT molecular complexity index is 868. The first-order chi connectivity index (χ1) is 12.7. The van der Waals surface area contributed by atoms with Gasteiger partial charge < -0.3 is 19.2 Å². The molecule has 5 heteroatoms. The molecule has 3 rings (SSSR count). The fourth-order valence-electron chi connectivity index (χ4n) is 2.45. The number of hydrogen-bond donors (Lipinski definition) is 1. The topological polar surface area (TPSA) is 60.7 Å². The molecule has 26 heavy (non-hydrogen) atoms. The summed E-state index contributed by atoms with van der Waals surface area (Å²) in [7, 11) is 1.58. The molecular formula is C21H21NO4. The molecule has 0 aliphatic heterocycles. The van der Waals surface area contributed by atoms with E-state index in [0.717, 1.165) is 12.2 Å². The number of ether oxygens (including phenoxy) is 2. The third kappa shape index (κ3) is 4.45. The van der Waals surface area contributed by atoms with E-state index in [1.54, 1.807) is 37.4 Å². The lowest BCUT2D eigenvalue weighted by Gasteiger charge is -2.06. The third-order valence-corrected chi connectivity index (χ3v) is 3.93. The van der Waals surface area contributed by atoms with E-state index in [-0.39, 0.29) is 18.3 Å². The zero-order valence-corrected chi connectivity index (χ0v) is 14.8. The van der Waals surface area contributed by atoms with E-state index >= 15 is 0 Å². The van der Waals surface area contributed by atoms with Gasteiger partial charge >= 0.3 is 0 Å². The molecule has 3 aromatic rings. The second-order valence-corrected chi connectivity index (χ2v) is 5.74. The lowest BCUT2D eigenvalue weighted by Crippen LogP contribution is -2.10. The van der Waals surface area contributed by atoms with Crippen molar-refractivity contribution in [1.82, 2.24) is 0 Å². The maximum atomic E-state index is 12.3. The first-order valence-corrected chi connectivity index (χ1v) is 8.44. The van der Waals surface area contributed by atoms with Gasteiger partial charge in [0.1, 0.15) is 23.9 Å². The van der Waals surface area contributed by atoms with Crippen molar-refractivity contribution in [3.05, 3.63) is 77.7 Å². The molecule has 0 bridgehead atoms. The highest BCUT2D eigenvalue weighted by Crippen LogP contribution is 2.19. The van der Waals surface area contributed by atoms with E-state index in [9.17, 15) is 4.79 Å². The van der Waals surface area contributed by atoms with Gasteiger partial charge in [-0.05, 0) is 48.4 Å². The van der Waals surface area contributed by atoms with E-state index in [0.29, 0.717) is 17.2 Å². The first-order valence-electron chi connectivity index (χ1n) is 8.44. The summed E-state index contributed by atoms with van der Waals surface area (Å²) in [4.78, 5) is 12.3. The Hall–Kier alpha value is -3.21. The molecule has 0 fully saturated rings. The van der Waals surface area contributed by atoms with Gasteiger partial charge in [-0.3, -0.25) is 4.79 Å². The second-order valence-electron chi connectivity index (χ2n) is 5.74. The SMILES string of the molecule is CCc1ccc(OCc2ccc(C(=O)Nc3cccc(OC)c3)o2)cc1.